The molecule has 1 aliphatic carbocycles. The molecule has 2 heterocycles. The van der Waals surface area contributed by atoms with Crippen LogP contribution in [0.4, 0.5) is 5.69 Å². The van der Waals surface area contributed by atoms with Crippen molar-refractivity contribution in [3.63, 3.8) is 0 Å². The zero-order chi connectivity index (χ0) is 32.7. The van der Waals surface area contributed by atoms with Crippen LogP contribution in [0, 0.1) is 18.8 Å². The summed E-state index contributed by atoms with van der Waals surface area (Å²) in [6.45, 7) is 1.50. The molecule has 1 saturated carbocycles. The number of ether oxygens (including phenoxy) is 1. The molecule has 1 saturated heterocycles. The highest BCUT2D eigenvalue weighted by Gasteiger charge is 2.48. The van der Waals surface area contributed by atoms with Gasteiger partial charge in [0.1, 0.15) is 0 Å². The van der Waals surface area contributed by atoms with Crippen molar-refractivity contribution in [1.82, 2.24) is 4.98 Å². The Kier molecular flexibility index (Phi) is 8.28. The van der Waals surface area contributed by atoms with Crippen molar-refractivity contribution in [3.05, 3.63) is 118 Å². The number of benzene rings is 4. The molecule has 2 unspecified atom stereocenters. The maximum atomic E-state index is 13.6. The van der Waals surface area contributed by atoms with E-state index in [0.29, 0.717) is 33.4 Å². The molecule has 4 aromatic carbocycles. The molecule has 7 rings (SSSR count). The molecule has 0 bridgehead atoms. The normalized spacial score (nSPS) is 17.5. The summed E-state index contributed by atoms with van der Waals surface area (Å²) in [5.41, 5.74) is 6.01. The third-order valence-electron chi connectivity index (χ3n) is 9.20. The lowest BCUT2D eigenvalue weighted by Crippen LogP contribution is -2.30. The van der Waals surface area contributed by atoms with Crippen LogP contribution >= 0.6 is 15.9 Å². The molecule has 2 aliphatic rings. The van der Waals surface area contributed by atoms with E-state index in [-0.39, 0.29) is 35.0 Å². The molecular weight excluding hydrogens is 656 g/mol. The van der Waals surface area contributed by atoms with Crippen molar-refractivity contribution >= 4 is 56.1 Å². The molecule has 7 nitrogen and oxygen atoms in total. The fraction of sp³-hybridized carbons (Fsp3) is 0.205. The molecule has 1 aromatic heterocycles. The Balaban J connectivity index is 1.14. The Bertz CT molecular complexity index is 2020. The average Bonchev–Trinajstić information content (AvgIpc) is 3.36. The van der Waals surface area contributed by atoms with Gasteiger partial charge in [-0.15, -0.1) is 0 Å². The zero-order valence-corrected chi connectivity index (χ0v) is 27.3. The molecule has 0 spiro atoms. The number of fused-ring (bicyclic) bond motifs is 2. The lowest BCUT2D eigenvalue weighted by Gasteiger charge is -2.19. The number of Topliss-reactive ketones (excluding diaryl/α,β-unsaturated/α-hetero) is 1. The van der Waals surface area contributed by atoms with Gasteiger partial charge in [0.15, 0.2) is 12.4 Å². The van der Waals surface area contributed by atoms with Gasteiger partial charge < -0.3 is 4.74 Å². The highest BCUT2D eigenvalue weighted by molar-refractivity contribution is 9.10. The van der Waals surface area contributed by atoms with Crippen LogP contribution in [-0.4, -0.2) is 35.2 Å². The summed E-state index contributed by atoms with van der Waals surface area (Å²) in [4.78, 5) is 59.0. The number of aryl methyl sites for hydroxylation is 1. The molecule has 2 fully saturated rings. The van der Waals surface area contributed by atoms with Gasteiger partial charge in [-0.3, -0.25) is 19.3 Å². The number of anilines is 1. The number of aromatic nitrogens is 1. The van der Waals surface area contributed by atoms with Crippen LogP contribution in [0.25, 0.3) is 33.3 Å². The van der Waals surface area contributed by atoms with Crippen molar-refractivity contribution in [1.29, 1.82) is 0 Å². The monoisotopic (exact) mass is 686 g/mol. The average molecular weight is 688 g/mol. The molecule has 5 aromatic rings. The summed E-state index contributed by atoms with van der Waals surface area (Å²) >= 11 is 3.52. The van der Waals surface area contributed by atoms with E-state index in [1.165, 1.54) is 4.90 Å². The lowest BCUT2D eigenvalue weighted by atomic mass is 9.81. The number of imide groups is 1. The van der Waals surface area contributed by atoms with E-state index in [0.717, 1.165) is 46.8 Å². The number of hydrogen-bond acceptors (Lipinski definition) is 6. The number of halogens is 1. The second kappa shape index (κ2) is 12.7. The molecular formula is C39H31BrN2O5. The fourth-order valence-electron chi connectivity index (χ4n) is 6.74. The maximum absolute atomic E-state index is 13.6. The van der Waals surface area contributed by atoms with Crippen molar-refractivity contribution in [2.45, 2.75) is 32.6 Å². The van der Waals surface area contributed by atoms with Gasteiger partial charge in [-0.1, -0.05) is 95.5 Å². The van der Waals surface area contributed by atoms with Crippen LogP contribution in [0.15, 0.2) is 102 Å². The number of amides is 2. The van der Waals surface area contributed by atoms with E-state index in [9.17, 15) is 19.2 Å². The topological polar surface area (TPSA) is 93.6 Å². The molecule has 0 radical (unpaired) electrons. The van der Waals surface area contributed by atoms with Crippen LogP contribution in [-0.2, 0) is 14.3 Å². The van der Waals surface area contributed by atoms with Crippen LogP contribution in [0.2, 0.25) is 0 Å². The van der Waals surface area contributed by atoms with Crippen LogP contribution in [0.3, 0.4) is 0 Å². The van der Waals surface area contributed by atoms with Gasteiger partial charge >= 0.3 is 5.97 Å². The first kappa shape index (κ1) is 30.7. The van der Waals surface area contributed by atoms with Crippen LogP contribution in [0.5, 0.6) is 0 Å². The quantitative estimate of drug-likeness (QED) is 0.0970. The fourth-order valence-corrected chi connectivity index (χ4v) is 7.31. The van der Waals surface area contributed by atoms with E-state index in [1.807, 2.05) is 61.5 Å². The largest absolute Gasteiger partial charge is 0.454 e. The number of carbonyl (C=O) groups is 4. The van der Waals surface area contributed by atoms with Gasteiger partial charge in [0.05, 0.1) is 34.3 Å². The Morgan fingerprint density at radius 3 is 2.09 bits per heavy atom. The molecule has 8 heteroatoms. The molecule has 2 amide bonds. The first-order valence-corrected chi connectivity index (χ1v) is 16.5. The first-order chi connectivity index (χ1) is 22.8. The van der Waals surface area contributed by atoms with E-state index in [2.05, 4.69) is 15.9 Å². The SMILES string of the molecule is Cc1cc(Br)cc2c(C(=O)OCC(=O)c3ccc(-c4ccccc4)cc3)cc(-c3ccc(N4C(=O)C5CCCCC5C4=O)cc3)nc12. The molecule has 47 heavy (non-hydrogen) atoms. The van der Waals surface area contributed by atoms with Crippen LogP contribution in [0.1, 0.15) is 52.0 Å². The molecule has 1 aliphatic heterocycles. The number of ketones is 1. The van der Waals surface area contributed by atoms with E-state index >= 15 is 0 Å². The van der Waals surface area contributed by atoms with Gasteiger partial charge in [-0.2, -0.15) is 0 Å². The summed E-state index contributed by atoms with van der Waals surface area (Å²) in [5, 5.41) is 0.595. The summed E-state index contributed by atoms with van der Waals surface area (Å²) in [6.07, 6.45) is 3.45. The summed E-state index contributed by atoms with van der Waals surface area (Å²) in [7, 11) is 0. The smallest absolute Gasteiger partial charge is 0.339 e. The Morgan fingerprint density at radius 2 is 1.43 bits per heavy atom. The predicted molar refractivity (Wildman–Crippen MR) is 184 cm³/mol. The Morgan fingerprint density at radius 1 is 0.809 bits per heavy atom. The van der Waals surface area contributed by atoms with Crippen molar-refractivity contribution in [3.8, 4) is 22.4 Å². The lowest BCUT2D eigenvalue weighted by molar-refractivity contribution is -0.122. The highest BCUT2D eigenvalue weighted by atomic mass is 79.9. The third-order valence-corrected chi connectivity index (χ3v) is 9.66. The molecule has 0 N–H and O–H groups in total. The van der Waals surface area contributed by atoms with E-state index in [4.69, 9.17) is 9.72 Å². The number of rotatable bonds is 7. The number of nitrogens with zero attached hydrogens (tertiary/aromatic N) is 2. The van der Waals surface area contributed by atoms with Gasteiger partial charge in [0.2, 0.25) is 11.8 Å². The van der Waals surface area contributed by atoms with Crippen molar-refractivity contribution < 1.29 is 23.9 Å². The number of esters is 1. The van der Waals surface area contributed by atoms with Gasteiger partial charge in [0, 0.05) is 21.0 Å². The van der Waals surface area contributed by atoms with Crippen molar-refractivity contribution in [2.24, 2.45) is 11.8 Å². The summed E-state index contributed by atoms with van der Waals surface area (Å²) < 4.78 is 6.36. The minimum absolute atomic E-state index is 0.121. The second-order valence-electron chi connectivity index (χ2n) is 12.2. The number of carbonyl (C=O) groups excluding carboxylic acids is 4. The second-order valence-corrected chi connectivity index (χ2v) is 13.1. The third kappa shape index (κ3) is 5.89. The predicted octanol–water partition coefficient (Wildman–Crippen LogP) is 8.36. The minimum atomic E-state index is -0.641. The van der Waals surface area contributed by atoms with Crippen LogP contribution < -0.4 is 4.90 Å². The van der Waals surface area contributed by atoms with Gasteiger partial charge in [-0.05, 0) is 66.8 Å². The molecule has 234 valence electrons. The number of hydrogen-bond donors (Lipinski definition) is 0. The first-order valence-electron chi connectivity index (χ1n) is 15.7. The standard InChI is InChI=1S/C39H31BrN2O5/c1-23-19-28(40)20-32-33(39(46)47-22-35(43)27-13-11-25(12-14-27)24-7-3-2-4-8-24)21-34(41-36(23)32)26-15-17-29(18-16-26)42-37(44)30-9-5-6-10-31(30)38(42)45/h2-4,7-8,11-21,30-31H,5-6,9-10,22H2,1H3. The van der Waals surface area contributed by atoms with E-state index in [1.54, 1.807) is 42.5 Å². The van der Waals surface area contributed by atoms with E-state index < -0.39 is 12.6 Å². The van der Waals surface area contributed by atoms with Gasteiger partial charge in [-0.25, -0.2) is 9.78 Å². The maximum Gasteiger partial charge on any atom is 0.339 e. The van der Waals surface area contributed by atoms with Gasteiger partial charge in [0.25, 0.3) is 0 Å². The number of pyridine rings is 1. The Hall–Kier alpha value is -4.95. The summed E-state index contributed by atoms with van der Waals surface area (Å²) in [5.74, 6) is -1.65. The summed E-state index contributed by atoms with van der Waals surface area (Å²) in [6, 6.07) is 29.6. The Labute approximate surface area is 280 Å². The molecule has 2 atom stereocenters. The zero-order valence-electron chi connectivity index (χ0n) is 25.7. The highest BCUT2D eigenvalue weighted by Crippen LogP contribution is 2.40. The minimum Gasteiger partial charge on any atom is -0.454 e. The van der Waals surface area contributed by atoms with Crippen molar-refractivity contribution in [2.75, 3.05) is 11.5 Å².